The normalized spacial score (nSPS) is 15.0. The molecule has 2 atom stereocenters. The van der Waals surface area contributed by atoms with Crippen LogP contribution in [0.1, 0.15) is 67.7 Å². The summed E-state index contributed by atoms with van der Waals surface area (Å²) in [7, 11) is 0. The van der Waals surface area contributed by atoms with Crippen LogP contribution in [-0.2, 0) is 0 Å². The summed E-state index contributed by atoms with van der Waals surface area (Å²) in [5.74, 6) is 2.82. The maximum absolute atomic E-state index is 2.55. The van der Waals surface area contributed by atoms with Crippen LogP contribution >= 0.6 is 11.8 Å². The minimum Gasteiger partial charge on any atom is -0.105 e. The van der Waals surface area contributed by atoms with E-state index >= 15 is 0 Å². The predicted octanol–water partition coefficient (Wildman–Crippen LogP) is 7.98. The number of benzene rings is 1. The third-order valence-electron chi connectivity index (χ3n) is 5.45. The zero-order valence-corrected chi connectivity index (χ0v) is 17.7. The zero-order chi connectivity index (χ0) is 18.1. The quantitative estimate of drug-likeness (QED) is 0.235. The fourth-order valence-corrected chi connectivity index (χ4v) is 4.48. The highest BCUT2D eigenvalue weighted by molar-refractivity contribution is 8.05. The molecule has 0 aromatic heterocycles. The van der Waals surface area contributed by atoms with Crippen molar-refractivity contribution in [1.82, 2.24) is 0 Å². The van der Waals surface area contributed by atoms with Gasteiger partial charge in [0.1, 0.15) is 0 Å². The molecule has 0 bridgehead atoms. The van der Waals surface area contributed by atoms with Gasteiger partial charge < -0.3 is 0 Å². The number of thioether (sulfide) groups is 1. The second kappa shape index (κ2) is 11.1. The van der Waals surface area contributed by atoms with Gasteiger partial charge in [-0.05, 0) is 23.4 Å². The monoisotopic (exact) mass is 344 g/mol. The Balaban J connectivity index is 3.15. The van der Waals surface area contributed by atoms with Crippen LogP contribution in [0.2, 0.25) is 11.6 Å². The molecule has 1 rings (SSSR count). The molecule has 134 valence electrons. The first-order valence-electron chi connectivity index (χ1n) is 9.81. The van der Waals surface area contributed by atoms with E-state index in [0.717, 1.165) is 0 Å². The van der Waals surface area contributed by atoms with Gasteiger partial charge in [-0.2, -0.15) is 0 Å². The molecule has 0 radical (unpaired) electrons. The topological polar surface area (TPSA) is 0 Å². The van der Waals surface area contributed by atoms with Crippen molar-refractivity contribution in [2.75, 3.05) is 0 Å². The summed E-state index contributed by atoms with van der Waals surface area (Å²) in [6.07, 6.45) is 6.31. The Morgan fingerprint density at radius 3 is 1.96 bits per heavy atom. The first kappa shape index (κ1) is 21.4. The number of rotatable bonds is 10. The van der Waals surface area contributed by atoms with E-state index in [0.29, 0.717) is 30.2 Å². The molecule has 0 aliphatic rings. The average molecular weight is 344 g/mol. The van der Waals surface area contributed by atoms with E-state index < -0.39 is 0 Å². The molecule has 0 aliphatic carbocycles. The van der Waals surface area contributed by atoms with Crippen LogP contribution in [0.5, 0.6) is 0 Å². The molecule has 1 aromatic rings. The van der Waals surface area contributed by atoms with Crippen LogP contribution in [0.4, 0.5) is 0 Å². The summed E-state index contributed by atoms with van der Waals surface area (Å²) >= 11 is 2.00. The highest BCUT2D eigenvalue weighted by atomic mass is 32.2. The van der Waals surface area contributed by atoms with E-state index in [4.69, 9.17) is 0 Å². The standard InChI is InChI=1S/C22H37BS/c1-8-9-11-16-22(24-21-14-12-10-13-15-21)23(19(6)17(2)3)20(7)18(4)5/h10,12-20H,8-9,11H2,1-7H3/b22-16-. The summed E-state index contributed by atoms with van der Waals surface area (Å²) < 4.78 is 0. The van der Waals surface area contributed by atoms with Gasteiger partial charge in [0, 0.05) is 4.90 Å². The van der Waals surface area contributed by atoms with Crippen LogP contribution < -0.4 is 0 Å². The van der Waals surface area contributed by atoms with Crippen LogP contribution in [-0.4, -0.2) is 6.71 Å². The van der Waals surface area contributed by atoms with Gasteiger partial charge in [-0.15, -0.1) is 11.8 Å². The predicted molar refractivity (Wildman–Crippen MR) is 114 cm³/mol. The summed E-state index contributed by atoms with van der Waals surface area (Å²) in [4.78, 5) is 2.97. The lowest BCUT2D eigenvalue weighted by Gasteiger charge is -2.33. The number of allylic oxidation sites excluding steroid dienone is 1. The van der Waals surface area contributed by atoms with Gasteiger partial charge >= 0.3 is 0 Å². The average Bonchev–Trinajstić information content (AvgIpc) is 2.55. The summed E-state index contributed by atoms with van der Waals surface area (Å²) in [6, 6.07) is 10.9. The van der Waals surface area contributed by atoms with Crippen molar-refractivity contribution in [2.45, 2.75) is 84.3 Å². The molecule has 0 spiro atoms. The molecule has 0 fully saturated rings. The number of unbranched alkanes of at least 4 members (excludes halogenated alkanes) is 2. The van der Waals surface area contributed by atoms with E-state index in [1.54, 1.807) is 4.80 Å². The molecular weight excluding hydrogens is 307 g/mol. The second-order valence-electron chi connectivity index (χ2n) is 7.90. The zero-order valence-electron chi connectivity index (χ0n) is 16.9. The smallest absolute Gasteiger partial charge is 0.105 e. The van der Waals surface area contributed by atoms with Crippen LogP contribution in [0.15, 0.2) is 46.1 Å². The van der Waals surface area contributed by atoms with Crippen molar-refractivity contribution in [2.24, 2.45) is 11.8 Å². The van der Waals surface area contributed by atoms with E-state index in [1.807, 2.05) is 11.8 Å². The van der Waals surface area contributed by atoms with Crippen LogP contribution in [0.3, 0.4) is 0 Å². The first-order chi connectivity index (χ1) is 11.4. The van der Waals surface area contributed by atoms with Crippen molar-refractivity contribution < 1.29 is 0 Å². The molecule has 0 nitrogen and oxygen atoms in total. The fraction of sp³-hybridized carbons (Fsp3) is 0.636. The van der Waals surface area contributed by atoms with Gasteiger partial charge in [0.05, 0.1) is 0 Å². The summed E-state index contributed by atoms with van der Waals surface area (Å²) in [5, 5.41) is 0. The SMILES string of the molecule is CCCC/C=C(\Sc1ccccc1)B(C(C)C(C)C)C(C)C(C)C. The van der Waals surface area contributed by atoms with E-state index in [9.17, 15) is 0 Å². The van der Waals surface area contributed by atoms with Gasteiger partial charge in [0.15, 0.2) is 6.71 Å². The van der Waals surface area contributed by atoms with Gasteiger partial charge in [-0.1, -0.05) is 109 Å². The Morgan fingerprint density at radius 2 is 1.50 bits per heavy atom. The minimum absolute atomic E-state index is 0.645. The van der Waals surface area contributed by atoms with Crippen molar-refractivity contribution in [1.29, 1.82) is 0 Å². The first-order valence-corrected chi connectivity index (χ1v) is 10.6. The molecule has 24 heavy (non-hydrogen) atoms. The molecule has 2 heteroatoms. The lowest BCUT2D eigenvalue weighted by atomic mass is 9.31. The lowest BCUT2D eigenvalue weighted by Crippen LogP contribution is -2.31. The Labute approximate surface area is 156 Å². The van der Waals surface area contributed by atoms with Crippen LogP contribution in [0, 0.1) is 11.8 Å². The molecule has 0 amide bonds. The van der Waals surface area contributed by atoms with Crippen molar-refractivity contribution in [3.05, 3.63) is 41.2 Å². The molecule has 0 saturated carbocycles. The Morgan fingerprint density at radius 1 is 0.958 bits per heavy atom. The molecule has 0 heterocycles. The second-order valence-corrected chi connectivity index (χ2v) is 9.04. The lowest BCUT2D eigenvalue weighted by molar-refractivity contribution is 0.566. The number of hydrogen-bond acceptors (Lipinski definition) is 1. The highest BCUT2D eigenvalue weighted by Gasteiger charge is 2.34. The van der Waals surface area contributed by atoms with Gasteiger partial charge in [-0.25, -0.2) is 0 Å². The third kappa shape index (κ3) is 6.71. The van der Waals surface area contributed by atoms with E-state index in [1.165, 1.54) is 24.2 Å². The Hall–Kier alpha value is -0.625. The Bertz CT molecular complexity index is 464. The molecule has 0 aliphatic heterocycles. The minimum atomic E-state index is 0.645. The van der Waals surface area contributed by atoms with Gasteiger partial charge in [0.25, 0.3) is 0 Å². The molecular formula is C22H37BS. The van der Waals surface area contributed by atoms with Gasteiger partial charge in [0.2, 0.25) is 0 Å². The van der Waals surface area contributed by atoms with E-state index in [-0.39, 0.29) is 0 Å². The molecule has 1 aromatic carbocycles. The Kier molecular flexibility index (Phi) is 9.89. The largest absolute Gasteiger partial charge is 0.190 e. The van der Waals surface area contributed by atoms with Crippen molar-refractivity contribution in [3.8, 4) is 0 Å². The number of hydrogen-bond donors (Lipinski definition) is 0. The third-order valence-corrected chi connectivity index (χ3v) is 6.63. The van der Waals surface area contributed by atoms with Crippen LogP contribution in [0.25, 0.3) is 0 Å². The van der Waals surface area contributed by atoms with Gasteiger partial charge in [-0.3, -0.25) is 0 Å². The van der Waals surface area contributed by atoms with Crippen molar-refractivity contribution >= 4 is 18.5 Å². The highest BCUT2D eigenvalue weighted by Crippen LogP contribution is 2.42. The summed E-state index contributed by atoms with van der Waals surface area (Å²) in [6.45, 7) is 17.3. The maximum Gasteiger partial charge on any atom is 0.190 e. The summed E-state index contributed by atoms with van der Waals surface area (Å²) in [5.41, 5.74) is 0. The van der Waals surface area contributed by atoms with Crippen molar-refractivity contribution in [3.63, 3.8) is 0 Å². The maximum atomic E-state index is 2.55. The molecule has 2 unspecified atom stereocenters. The van der Waals surface area contributed by atoms with E-state index in [2.05, 4.69) is 84.9 Å². The molecule has 0 saturated heterocycles. The fourth-order valence-electron chi connectivity index (χ4n) is 3.15. The molecule has 0 N–H and O–H groups in total.